The van der Waals surface area contributed by atoms with E-state index in [-0.39, 0.29) is 0 Å². The van der Waals surface area contributed by atoms with Crippen LogP contribution >= 0.6 is 0 Å². The van der Waals surface area contributed by atoms with Gasteiger partial charge in [0, 0.05) is 0 Å². The second-order valence-corrected chi connectivity index (χ2v) is 9.60. The van der Waals surface area contributed by atoms with Crippen LogP contribution in [0.5, 0.6) is 0 Å². The summed E-state index contributed by atoms with van der Waals surface area (Å²) in [4.78, 5) is 0. The Balaban J connectivity index is 1.96. The van der Waals surface area contributed by atoms with Gasteiger partial charge in [-0.1, -0.05) is 0 Å². The number of hydrogen-bond acceptors (Lipinski definition) is 0. The SMILES string of the molecule is Cc1ccc([Se][Se]c2ccccc2)cc1. The van der Waals surface area contributed by atoms with Gasteiger partial charge in [0.05, 0.1) is 0 Å². The molecule has 0 aliphatic heterocycles. The van der Waals surface area contributed by atoms with Crippen LogP contribution in [0.3, 0.4) is 0 Å². The van der Waals surface area contributed by atoms with E-state index in [1.54, 1.807) is 0 Å². The van der Waals surface area contributed by atoms with Crippen LogP contribution in [0.4, 0.5) is 0 Å². The molecule has 0 amide bonds. The van der Waals surface area contributed by atoms with E-state index in [4.69, 9.17) is 0 Å². The number of hydrogen-bond donors (Lipinski definition) is 0. The number of aryl methyl sites for hydroxylation is 1. The molecule has 0 bridgehead atoms. The van der Waals surface area contributed by atoms with Crippen molar-refractivity contribution in [3.63, 3.8) is 0 Å². The molecule has 2 heteroatoms. The molecule has 0 unspecified atom stereocenters. The Morgan fingerprint density at radius 3 is 1.80 bits per heavy atom. The second-order valence-electron chi connectivity index (χ2n) is 3.29. The van der Waals surface area contributed by atoms with Crippen molar-refractivity contribution in [1.29, 1.82) is 0 Å². The van der Waals surface area contributed by atoms with E-state index in [0.717, 1.165) is 0 Å². The van der Waals surface area contributed by atoms with Gasteiger partial charge < -0.3 is 0 Å². The normalized spacial score (nSPS) is 10.2. The van der Waals surface area contributed by atoms with Gasteiger partial charge in [0.1, 0.15) is 0 Å². The average molecular weight is 326 g/mol. The molecule has 2 rings (SSSR count). The molecule has 0 radical (unpaired) electrons. The summed E-state index contributed by atoms with van der Waals surface area (Å²) >= 11 is 1.26. The van der Waals surface area contributed by atoms with Crippen molar-refractivity contribution in [3.8, 4) is 0 Å². The van der Waals surface area contributed by atoms with Crippen molar-refractivity contribution in [2.45, 2.75) is 6.92 Å². The molecular formula is C13H12Se2. The molecule has 2 aromatic carbocycles. The maximum atomic E-state index is 2.26. The van der Waals surface area contributed by atoms with E-state index in [1.165, 1.54) is 14.5 Å². The molecule has 0 spiro atoms. The predicted octanol–water partition coefficient (Wildman–Crippen LogP) is 1.27. The van der Waals surface area contributed by atoms with E-state index in [1.807, 2.05) is 0 Å². The van der Waals surface area contributed by atoms with Crippen LogP contribution in [0, 0.1) is 6.92 Å². The van der Waals surface area contributed by atoms with E-state index in [0.29, 0.717) is 26.3 Å². The van der Waals surface area contributed by atoms with Gasteiger partial charge in [0.15, 0.2) is 0 Å². The van der Waals surface area contributed by atoms with Gasteiger partial charge >= 0.3 is 102 Å². The molecule has 76 valence electrons. The van der Waals surface area contributed by atoms with E-state index in [9.17, 15) is 0 Å². The first kappa shape index (κ1) is 11.0. The van der Waals surface area contributed by atoms with Crippen LogP contribution in [-0.2, 0) is 0 Å². The fraction of sp³-hybridized carbons (Fsp3) is 0.0769. The number of benzene rings is 2. The Labute approximate surface area is 102 Å². The van der Waals surface area contributed by atoms with Gasteiger partial charge in [-0.3, -0.25) is 0 Å². The first-order chi connectivity index (χ1) is 7.34. The van der Waals surface area contributed by atoms with Crippen LogP contribution in [0.1, 0.15) is 5.56 Å². The minimum atomic E-state index is 0.627. The standard InChI is InChI=1S/C13H12Se2/c1-11-7-9-13(10-8-11)15-14-12-5-3-2-4-6-12/h2-10H,1H3. The third kappa shape index (κ3) is 3.51. The summed E-state index contributed by atoms with van der Waals surface area (Å²) in [6.45, 7) is 2.14. The summed E-state index contributed by atoms with van der Waals surface area (Å²) in [6, 6.07) is 19.7. The van der Waals surface area contributed by atoms with Crippen molar-refractivity contribution in [2.24, 2.45) is 0 Å². The third-order valence-corrected chi connectivity index (χ3v) is 9.23. The van der Waals surface area contributed by atoms with Gasteiger partial charge in [-0.2, -0.15) is 0 Å². The fourth-order valence-electron chi connectivity index (χ4n) is 1.17. The predicted molar refractivity (Wildman–Crippen MR) is 68.4 cm³/mol. The van der Waals surface area contributed by atoms with E-state index >= 15 is 0 Å². The molecule has 0 nitrogen and oxygen atoms in total. The summed E-state index contributed by atoms with van der Waals surface area (Å²) < 4.78 is 3.02. The molecule has 0 aromatic heterocycles. The van der Waals surface area contributed by atoms with Crippen molar-refractivity contribution < 1.29 is 0 Å². The molecule has 0 fully saturated rings. The first-order valence-corrected chi connectivity index (χ1v) is 10.9. The second kappa shape index (κ2) is 5.53. The van der Waals surface area contributed by atoms with Crippen molar-refractivity contribution in [3.05, 3.63) is 60.2 Å². The topological polar surface area (TPSA) is 0 Å². The molecule has 0 saturated heterocycles. The molecule has 0 N–H and O–H groups in total. The van der Waals surface area contributed by atoms with Crippen LogP contribution in [0.2, 0.25) is 0 Å². The fourth-order valence-corrected chi connectivity index (χ4v) is 7.17. The molecular weight excluding hydrogens is 314 g/mol. The Bertz CT molecular complexity index is 406. The third-order valence-electron chi connectivity index (χ3n) is 2.00. The van der Waals surface area contributed by atoms with Crippen molar-refractivity contribution in [1.82, 2.24) is 0 Å². The Morgan fingerprint density at radius 2 is 1.20 bits per heavy atom. The maximum absolute atomic E-state index is 2.26. The van der Waals surface area contributed by atoms with Gasteiger partial charge in [-0.05, 0) is 0 Å². The summed E-state index contributed by atoms with van der Waals surface area (Å²) in [5.41, 5.74) is 1.35. The van der Waals surface area contributed by atoms with Gasteiger partial charge in [0.2, 0.25) is 0 Å². The Kier molecular flexibility index (Phi) is 4.05. The quantitative estimate of drug-likeness (QED) is 0.746. The van der Waals surface area contributed by atoms with Crippen LogP contribution < -0.4 is 8.92 Å². The molecule has 0 saturated carbocycles. The Morgan fingerprint density at radius 1 is 0.667 bits per heavy atom. The van der Waals surface area contributed by atoms with Crippen molar-refractivity contribution in [2.75, 3.05) is 0 Å². The molecule has 2 aromatic rings. The van der Waals surface area contributed by atoms with Crippen molar-refractivity contribution >= 4 is 35.2 Å². The first-order valence-electron chi connectivity index (χ1n) is 4.81. The zero-order valence-electron chi connectivity index (χ0n) is 8.51. The molecule has 15 heavy (non-hydrogen) atoms. The average Bonchev–Trinajstić information content (AvgIpc) is 2.30. The Hall–Kier alpha value is -0.521. The molecule has 0 aliphatic carbocycles. The number of rotatable bonds is 3. The minimum absolute atomic E-state index is 0.627. The molecule has 0 atom stereocenters. The van der Waals surface area contributed by atoms with Gasteiger partial charge in [0.25, 0.3) is 0 Å². The monoisotopic (exact) mass is 328 g/mol. The van der Waals surface area contributed by atoms with E-state index in [2.05, 4.69) is 61.5 Å². The van der Waals surface area contributed by atoms with Crippen LogP contribution in [0.25, 0.3) is 0 Å². The van der Waals surface area contributed by atoms with Crippen LogP contribution in [-0.4, -0.2) is 26.3 Å². The summed E-state index contributed by atoms with van der Waals surface area (Å²) in [7, 11) is 0. The molecule has 0 heterocycles. The summed E-state index contributed by atoms with van der Waals surface area (Å²) in [5, 5.41) is 0. The van der Waals surface area contributed by atoms with Gasteiger partial charge in [-0.25, -0.2) is 0 Å². The summed E-state index contributed by atoms with van der Waals surface area (Å²) in [5.74, 6) is 0. The zero-order valence-corrected chi connectivity index (χ0v) is 11.9. The van der Waals surface area contributed by atoms with Gasteiger partial charge in [-0.15, -0.1) is 0 Å². The summed E-state index contributed by atoms with van der Waals surface area (Å²) in [6.07, 6.45) is 0. The molecule has 0 aliphatic rings. The van der Waals surface area contributed by atoms with E-state index < -0.39 is 0 Å². The zero-order chi connectivity index (χ0) is 10.5. The van der Waals surface area contributed by atoms with Crippen LogP contribution in [0.15, 0.2) is 54.6 Å².